The lowest BCUT2D eigenvalue weighted by Gasteiger charge is -2.16. The highest BCUT2D eigenvalue weighted by atomic mass is 16.5. The molecule has 4 nitrogen and oxygen atoms in total. The van der Waals surface area contributed by atoms with Gasteiger partial charge in [0.1, 0.15) is 5.75 Å². The minimum atomic E-state index is 0.0110. The molecule has 2 N–H and O–H groups in total. The van der Waals surface area contributed by atoms with Crippen LogP contribution in [0.1, 0.15) is 24.3 Å². The van der Waals surface area contributed by atoms with Crippen molar-refractivity contribution in [3.8, 4) is 5.75 Å². The predicted octanol–water partition coefficient (Wildman–Crippen LogP) is 2.80. The number of amides is 1. The average molecular weight is 324 g/mol. The van der Waals surface area contributed by atoms with Crippen LogP contribution in [-0.2, 0) is 4.79 Å². The molecule has 2 aromatic carbocycles. The van der Waals surface area contributed by atoms with Crippen molar-refractivity contribution in [2.45, 2.75) is 24.8 Å². The van der Waals surface area contributed by atoms with Crippen molar-refractivity contribution >= 4 is 5.91 Å². The summed E-state index contributed by atoms with van der Waals surface area (Å²) in [6.45, 7) is 1.90. The van der Waals surface area contributed by atoms with Crippen molar-refractivity contribution in [2.75, 3.05) is 19.7 Å². The Bertz CT molecular complexity index is 645. The second-order valence-corrected chi connectivity index (χ2v) is 6.24. The van der Waals surface area contributed by atoms with Gasteiger partial charge in [0.2, 0.25) is 5.91 Å². The summed E-state index contributed by atoms with van der Waals surface area (Å²) in [5.41, 5.74) is 7.47. The van der Waals surface area contributed by atoms with Crippen LogP contribution in [-0.4, -0.2) is 36.5 Å². The third-order valence-electron chi connectivity index (χ3n) is 4.49. The van der Waals surface area contributed by atoms with E-state index in [0.717, 1.165) is 12.2 Å². The topological polar surface area (TPSA) is 55.6 Å². The van der Waals surface area contributed by atoms with Gasteiger partial charge in [0.05, 0.1) is 6.61 Å². The predicted molar refractivity (Wildman–Crippen MR) is 94.9 cm³/mol. The number of benzene rings is 2. The molecule has 1 aliphatic heterocycles. The van der Waals surface area contributed by atoms with Gasteiger partial charge in [0, 0.05) is 31.5 Å². The van der Waals surface area contributed by atoms with Crippen LogP contribution in [0.5, 0.6) is 5.75 Å². The molecule has 0 aromatic heterocycles. The van der Waals surface area contributed by atoms with E-state index in [9.17, 15) is 4.79 Å². The van der Waals surface area contributed by atoms with Crippen LogP contribution in [0.3, 0.4) is 0 Å². The van der Waals surface area contributed by atoms with Gasteiger partial charge in [0.25, 0.3) is 0 Å². The van der Waals surface area contributed by atoms with Crippen molar-refractivity contribution in [3.05, 3.63) is 66.2 Å². The number of hydrogen-bond acceptors (Lipinski definition) is 3. The van der Waals surface area contributed by atoms with E-state index in [-0.39, 0.29) is 17.9 Å². The SMILES string of the molecule is N[C@H]1CN(C(=O)CCCOc2ccccc2)C[C@@H]1c1ccccc1. The first-order valence-electron chi connectivity index (χ1n) is 8.50. The Balaban J connectivity index is 1.44. The summed E-state index contributed by atoms with van der Waals surface area (Å²) in [6.07, 6.45) is 1.22. The van der Waals surface area contributed by atoms with E-state index in [1.54, 1.807) is 0 Å². The molecule has 1 aliphatic rings. The third kappa shape index (κ3) is 4.15. The summed E-state index contributed by atoms with van der Waals surface area (Å²) in [7, 11) is 0. The second kappa shape index (κ2) is 7.97. The Morgan fingerprint density at radius 3 is 2.42 bits per heavy atom. The lowest BCUT2D eigenvalue weighted by molar-refractivity contribution is -0.130. The highest BCUT2D eigenvalue weighted by Gasteiger charge is 2.33. The summed E-state index contributed by atoms with van der Waals surface area (Å²) in [4.78, 5) is 14.3. The smallest absolute Gasteiger partial charge is 0.222 e. The maximum atomic E-state index is 12.4. The van der Waals surface area contributed by atoms with E-state index in [0.29, 0.717) is 26.1 Å². The van der Waals surface area contributed by atoms with Crippen LogP contribution in [0.25, 0.3) is 0 Å². The Kier molecular flexibility index (Phi) is 5.49. The van der Waals surface area contributed by atoms with Gasteiger partial charge >= 0.3 is 0 Å². The van der Waals surface area contributed by atoms with Gasteiger partial charge in [0.15, 0.2) is 0 Å². The molecule has 2 aromatic rings. The zero-order chi connectivity index (χ0) is 16.8. The zero-order valence-electron chi connectivity index (χ0n) is 13.8. The van der Waals surface area contributed by atoms with E-state index >= 15 is 0 Å². The molecule has 0 unspecified atom stereocenters. The Hall–Kier alpha value is -2.33. The molecule has 1 saturated heterocycles. The monoisotopic (exact) mass is 324 g/mol. The van der Waals surface area contributed by atoms with Crippen molar-refractivity contribution in [1.82, 2.24) is 4.90 Å². The van der Waals surface area contributed by atoms with Gasteiger partial charge in [-0.3, -0.25) is 4.79 Å². The first-order chi connectivity index (χ1) is 11.7. The van der Waals surface area contributed by atoms with E-state index in [1.807, 2.05) is 53.4 Å². The van der Waals surface area contributed by atoms with Crippen LogP contribution in [0.4, 0.5) is 0 Å². The molecule has 0 spiro atoms. The van der Waals surface area contributed by atoms with Crippen molar-refractivity contribution in [3.63, 3.8) is 0 Å². The minimum Gasteiger partial charge on any atom is -0.494 e. The summed E-state index contributed by atoms with van der Waals surface area (Å²) >= 11 is 0. The molecule has 126 valence electrons. The standard InChI is InChI=1S/C20H24N2O2/c21-19-15-22(14-18(19)16-8-3-1-4-9-16)20(23)12-7-13-24-17-10-5-2-6-11-17/h1-6,8-11,18-19H,7,12-15,21H2/t18-,19+/m1/s1. The fourth-order valence-corrected chi connectivity index (χ4v) is 3.17. The van der Waals surface area contributed by atoms with Crippen LogP contribution in [0.2, 0.25) is 0 Å². The van der Waals surface area contributed by atoms with Crippen LogP contribution in [0.15, 0.2) is 60.7 Å². The maximum Gasteiger partial charge on any atom is 0.222 e. The number of likely N-dealkylation sites (tertiary alicyclic amines) is 1. The minimum absolute atomic E-state index is 0.0110. The largest absolute Gasteiger partial charge is 0.494 e. The number of ether oxygens (including phenoxy) is 1. The Morgan fingerprint density at radius 1 is 1.04 bits per heavy atom. The Morgan fingerprint density at radius 2 is 1.71 bits per heavy atom. The highest BCUT2D eigenvalue weighted by Crippen LogP contribution is 2.26. The van der Waals surface area contributed by atoms with Gasteiger partial charge in [-0.1, -0.05) is 48.5 Å². The van der Waals surface area contributed by atoms with Crippen molar-refractivity contribution < 1.29 is 9.53 Å². The molecule has 0 saturated carbocycles. The van der Waals surface area contributed by atoms with Crippen LogP contribution < -0.4 is 10.5 Å². The number of para-hydroxylation sites is 1. The summed E-state index contributed by atoms with van der Waals surface area (Å²) in [6, 6.07) is 19.9. The molecule has 0 aliphatic carbocycles. The molecule has 1 amide bonds. The zero-order valence-corrected chi connectivity index (χ0v) is 13.8. The van der Waals surface area contributed by atoms with Gasteiger partial charge in [-0.2, -0.15) is 0 Å². The quantitative estimate of drug-likeness (QED) is 0.831. The van der Waals surface area contributed by atoms with Gasteiger partial charge in [-0.15, -0.1) is 0 Å². The molecule has 2 atom stereocenters. The first kappa shape index (κ1) is 16.5. The maximum absolute atomic E-state index is 12.4. The van der Waals surface area contributed by atoms with Gasteiger partial charge in [-0.05, 0) is 24.1 Å². The lowest BCUT2D eigenvalue weighted by Crippen LogP contribution is -2.32. The lowest BCUT2D eigenvalue weighted by atomic mass is 9.95. The molecule has 0 bridgehead atoms. The summed E-state index contributed by atoms with van der Waals surface area (Å²) in [5.74, 6) is 1.24. The number of hydrogen-bond donors (Lipinski definition) is 1. The van der Waals surface area contributed by atoms with E-state index in [4.69, 9.17) is 10.5 Å². The van der Waals surface area contributed by atoms with Crippen LogP contribution in [0, 0.1) is 0 Å². The molecule has 1 fully saturated rings. The number of carbonyl (C=O) groups excluding carboxylic acids is 1. The Labute approximate surface area is 143 Å². The molecule has 3 rings (SSSR count). The van der Waals surface area contributed by atoms with E-state index < -0.39 is 0 Å². The van der Waals surface area contributed by atoms with Gasteiger partial charge < -0.3 is 15.4 Å². The first-order valence-corrected chi connectivity index (χ1v) is 8.50. The van der Waals surface area contributed by atoms with Crippen LogP contribution >= 0.6 is 0 Å². The van der Waals surface area contributed by atoms with Crippen molar-refractivity contribution in [1.29, 1.82) is 0 Å². The molecular weight excluding hydrogens is 300 g/mol. The number of carbonyl (C=O) groups is 1. The third-order valence-corrected chi connectivity index (χ3v) is 4.49. The normalized spacial score (nSPS) is 20.1. The molecular formula is C20H24N2O2. The number of nitrogens with two attached hydrogens (primary N) is 1. The summed E-state index contributed by atoms with van der Waals surface area (Å²) in [5, 5.41) is 0. The van der Waals surface area contributed by atoms with E-state index in [2.05, 4.69) is 12.1 Å². The molecule has 1 heterocycles. The summed E-state index contributed by atoms with van der Waals surface area (Å²) < 4.78 is 5.64. The fourth-order valence-electron chi connectivity index (χ4n) is 3.17. The highest BCUT2D eigenvalue weighted by molar-refractivity contribution is 5.76. The molecule has 24 heavy (non-hydrogen) atoms. The molecule has 4 heteroatoms. The number of rotatable bonds is 6. The van der Waals surface area contributed by atoms with E-state index in [1.165, 1.54) is 5.56 Å². The second-order valence-electron chi connectivity index (χ2n) is 6.24. The average Bonchev–Trinajstić information content (AvgIpc) is 3.02. The fraction of sp³-hybridized carbons (Fsp3) is 0.350. The number of nitrogens with zero attached hydrogens (tertiary/aromatic N) is 1. The molecule has 0 radical (unpaired) electrons. The van der Waals surface area contributed by atoms with Gasteiger partial charge in [-0.25, -0.2) is 0 Å². The van der Waals surface area contributed by atoms with Crippen molar-refractivity contribution in [2.24, 2.45) is 5.73 Å².